The zero-order valence-corrected chi connectivity index (χ0v) is 17.8. The molecule has 12 heteroatoms. The standard InChI is InChI=1S/C17H22N4O6S2/c1-12(22)19-14(16(23)27-3)9-28-15(21-17(24)20(2)11-18-21)10-29(25,26)13-7-5-4-6-8-13/h4-8,11,14-15H,9-10H2,1-3H3,(H,19,22). The number of hydrogen-bond donors (Lipinski definition) is 1. The summed E-state index contributed by atoms with van der Waals surface area (Å²) in [5.74, 6) is -1.55. The molecule has 0 spiro atoms. The summed E-state index contributed by atoms with van der Waals surface area (Å²) in [5, 5.41) is 5.51. The highest BCUT2D eigenvalue weighted by molar-refractivity contribution is 8.00. The molecule has 1 amide bonds. The van der Waals surface area contributed by atoms with Gasteiger partial charge in [-0.05, 0) is 12.1 Å². The summed E-state index contributed by atoms with van der Waals surface area (Å²) in [6, 6.07) is 6.84. The molecule has 10 nitrogen and oxygen atoms in total. The fourth-order valence-corrected chi connectivity index (χ4v) is 5.58. The van der Waals surface area contributed by atoms with Crippen LogP contribution in [0.2, 0.25) is 0 Å². The minimum Gasteiger partial charge on any atom is -0.467 e. The lowest BCUT2D eigenvalue weighted by atomic mass is 10.3. The molecule has 0 saturated carbocycles. The molecule has 1 aromatic heterocycles. The van der Waals surface area contributed by atoms with E-state index in [-0.39, 0.29) is 10.6 Å². The first kappa shape index (κ1) is 22.7. The number of thioether (sulfide) groups is 1. The van der Waals surface area contributed by atoms with Crippen molar-refractivity contribution in [1.82, 2.24) is 19.7 Å². The SMILES string of the molecule is COC(=O)C(CSC(CS(=O)(=O)c1ccccc1)n1ncn(C)c1=O)NC(C)=O. The van der Waals surface area contributed by atoms with Crippen LogP contribution in [-0.2, 0) is 31.2 Å². The molecule has 1 heterocycles. The lowest BCUT2D eigenvalue weighted by Crippen LogP contribution is -2.43. The van der Waals surface area contributed by atoms with Gasteiger partial charge < -0.3 is 10.1 Å². The van der Waals surface area contributed by atoms with Crippen LogP contribution in [0.1, 0.15) is 12.3 Å². The second-order valence-corrected chi connectivity index (χ2v) is 9.37. The molecule has 0 saturated heterocycles. The van der Waals surface area contributed by atoms with E-state index in [2.05, 4.69) is 15.2 Å². The number of ether oxygens (including phenoxy) is 1. The summed E-state index contributed by atoms with van der Waals surface area (Å²) in [6.45, 7) is 1.25. The number of rotatable bonds is 9. The first-order valence-corrected chi connectivity index (χ1v) is 11.2. The number of esters is 1. The van der Waals surface area contributed by atoms with Crippen molar-refractivity contribution in [2.24, 2.45) is 7.05 Å². The number of methoxy groups -OCH3 is 1. The van der Waals surface area contributed by atoms with Gasteiger partial charge in [-0.3, -0.25) is 9.36 Å². The predicted molar refractivity (Wildman–Crippen MR) is 107 cm³/mol. The number of nitrogens with zero attached hydrogens (tertiary/aromatic N) is 3. The van der Waals surface area contributed by atoms with E-state index >= 15 is 0 Å². The highest BCUT2D eigenvalue weighted by Gasteiger charge is 2.28. The quantitative estimate of drug-likeness (QED) is 0.536. The maximum Gasteiger partial charge on any atom is 0.346 e. The third-order valence-electron chi connectivity index (χ3n) is 3.90. The monoisotopic (exact) mass is 442 g/mol. The summed E-state index contributed by atoms with van der Waals surface area (Å²) in [5.41, 5.74) is -0.500. The minimum absolute atomic E-state index is 0.00968. The van der Waals surface area contributed by atoms with Gasteiger partial charge in [-0.2, -0.15) is 9.78 Å². The van der Waals surface area contributed by atoms with E-state index in [1.807, 2.05) is 0 Å². The van der Waals surface area contributed by atoms with Crippen molar-refractivity contribution in [1.29, 1.82) is 0 Å². The van der Waals surface area contributed by atoms with E-state index < -0.39 is 44.6 Å². The van der Waals surface area contributed by atoms with E-state index in [1.165, 1.54) is 44.1 Å². The summed E-state index contributed by atoms with van der Waals surface area (Å²) in [4.78, 5) is 35.7. The largest absolute Gasteiger partial charge is 0.467 e. The Kier molecular flexibility index (Phi) is 7.62. The van der Waals surface area contributed by atoms with Gasteiger partial charge in [0.05, 0.1) is 17.8 Å². The minimum atomic E-state index is -3.75. The van der Waals surface area contributed by atoms with Gasteiger partial charge in [0.2, 0.25) is 5.91 Å². The highest BCUT2D eigenvalue weighted by Crippen LogP contribution is 2.26. The molecule has 2 unspecified atom stereocenters. The molecule has 1 N–H and O–H groups in total. The number of amides is 1. The lowest BCUT2D eigenvalue weighted by molar-refractivity contribution is -0.144. The maximum absolute atomic E-state index is 12.8. The Morgan fingerprint density at radius 1 is 1.28 bits per heavy atom. The van der Waals surface area contributed by atoms with Crippen LogP contribution in [0.3, 0.4) is 0 Å². The molecule has 158 valence electrons. The van der Waals surface area contributed by atoms with E-state index in [9.17, 15) is 22.8 Å². The van der Waals surface area contributed by atoms with E-state index in [4.69, 9.17) is 0 Å². The molecule has 2 aromatic rings. The van der Waals surface area contributed by atoms with Crippen LogP contribution in [0, 0.1) is 0 Å². The van der Waals surface area contributed by atoms with Crippen molar-refractivity contribution < 1.29 is 22.7 Å². The molecule has 0 radical (unpaired) electrons. The number of nitrogens with one attached hydrogen (secondary N) is 1. The van der Waals surface area contributed by atoms with Crippen molar-refractivity contribution in [2.75, 3.05) is 18.6 Å². The van der Waals surface area contributed by atoms with Crippen LogP contribution in [0.5, 0.6) is 0 Å². The van der Waals surface area contributed by atoms with E-state index in [0.29, 0.717) is 0 Å². The smallest absolute Gasteiger partial charge is 0.346 e. The van der Waals surface area contributed by atoms with Crippen LogP contribution in [-0.4, -0.2) is 59.3 Å². The number of aryl methyl sites for hydroxylation is 1. The number of benzene rings is 1. The third kappa shape index (κ3) is 5.94. The van der Waals surface area contributed by atoms with Gasteiger partial charge in [0.15, 0.2) is 9.84 Å². The Hall–Kier alpha value is -2.60. The van der Waals surface area contributed by atoms with Gasteiger partial charge in [0.1, 0.15) is 17.7 Å². The Balaban J connectivity index is 2.31. The first-order valence-electron chi connectivity index (χ1n) is 8.50. The molecule has 1 aromatic carbocycles. The van der Waals surface area contributed by atoms with Crippen LogP contribution in [0.25, 0.3) is 0 Å². The zero-order chi connectivity index (χ0) is 21.6. The predicted octanol–water partition coefficient (Wildman–Crippen LogP) is -0.0348. The first-order chi connectivity index (χ1) is 13.7. The number of carbonyl (C=O) groups excluding carboxylic acids is 2. The Morgan fingerprint density at radius 2 is 1.93 bits per heavy atom. The van der Waals surface area contributed by atoms with Crippen LogP contribution >= 0.6 is 11.8 Å². The van der Waals surface area contributed by atoms with Crippen molar-refractivity contribution in [3.05, 3.63) is 47.1 Å². The second kappa shape index (κ2) is 9.74. The summed E-state index contributed by atoms with van der Waals surface area (Å²) < 4.78 is 32.6. The Bertz CT molecular complexity index is 1020. The molecule has 2 atom stereocenters. The molecule has 0 aliphatic carbocycles. The molecule has 0 aliphatic rings. The molecule has 2 rings (SSSR count). The number of hydrogen-bond acceptors (Lipinski definition) is 8. The van der Waals surface area contributed by atoms with Crippen LogP contribution in [0.4, 0.5) is 0 Å². The average molecular weight is 443 g/mol. The fourth-order valence-electron chi connectivity index (χ4n) is 2.46. The number of sulfone groups is 1. The fraction of sp³-hybridized carbons (Fsp3) is 0.412. The molecule has 0 bridgehead atoms. The molecular formula is C17H22N4O6S2. The lowest BCUT2D eigenvalue weighted by Gasteiger charge is -2.20. The van der Waals surface area contributed by atoms with Gasteiger partial charge in [-0.15, -0.1) is 11.8 Å². The summed E-state index contributed by atoms with van der Waals surface area (Å²) in [7, 11) is -1.07. The molecule has 0 aliphatic heterocycles. The van der Waals surface area contributed by atoms with Crippen LogP contribution < -0.4 is 11.0 Å². The highest BCUT2D eigenvalue weighted by atomic mass is 32.2. The van der Waals surface area contributed by atoms with Gasteiger partial charge in [-0.1, -0.05) is 18.2 Å². The van der Waals surface area contributed by atoms with Gasteiger partial charge >= 0.3 is 11.7 Å². The summed E-state index contributed by atoms with van der Waals surface area (Å²) in [6.07, 6.45) is 1.27. The van der Waals surface area contributed by atoms with Crippen LogP contribution in [0.15, 0.2) is 46.3 Å². The average Bonchev–Trinajstić information content (AvgIpc) is 3.02. The summed E-state index contributed by atoms with van der Waals surface area (Å²) >= 11 is 1.01. The van der Waals surface area contributed by atoms with E-state index in [1.54, 1.807) is 18.2 Å². The molecule has 29 heavy (non-hydrogen) atoms. The maximum atomic E-state index is 12.8. The molecular weight excluding hydrogens is 420 g/mol. The van der Waals surface area contributed by atoms with Crippen molar-refractivity contribution in [3.63, 3.8) is 0 Å². The third-order valence-corrected chi connectivity index (χ3v) is 7.14. The van der Waals surface area contributed by atoms with Gasteiger partial charge in [-0.25, -0.2) is 18.0 Å². The Morgan fingerprint density at radius 3 is 2.45 bits per heavy atom. The number of aromatic nitrogens is 3. The number of carbonyl (C=O) groups is 2. The topological polar surface area (TPSA) is 129 Å². The van der Waals surface area contributed by atoms with Gasteiger partial charge in [0, 0.05) is 19.7 Å². The van der Waals surface area contributed by atoms with E-state index in [0.717, 1.165) is 16.4 Å². The second-order valence-electron chi connectivity index (χ2n) is 6.13. The Labute approximate surface area is 172 Å². The van der Waals surface area contributed by atoms with Gasteiger partial charge in [0.25, 0.3) is 0 Å². The normalized spacial score (nSPS) is 13.5. The van der Waals surface area contributed by atoms with Crippen molar-refractivity contribution in [2.45, 2.75) is 23.2 Å². The molecule has 0 fully saturated rings. The zero-order valence-electron chi connectivity index (χ0n) is 16.1. The van der Waals surface area contributed by atoms with Crippen molar-refractivity contribution >= 4 is 33.5 Å². The van der Waals surface area contributed by atoms with Crippen molar-refractivity contribution in [3.8, 4) is 0 Å².